The molecule has 0 saturated heterocycles. The van der Waals surface area contributed by atoms with Crippen molar-refractivity contribution in [1.29, 1.82) is 5.26 Å². The van der Waals surface area contributed by atoms with E-state index in [1.165, 1.54) is 0 Å². The van der Waals surface area contributed by atoms with Crippen LogP contribution in [0.5, 0.6) is 0 Å². The summed E-state index contributed by atoms with van der Waals surface area (Å²) in [5, 5.41) is 12.0. The van der Waals surface area contributed by atoms with Gasteiger partial charge in [0.2, 0.25) is 5.91 Å². The number of benzene rings is 1. The molecule has 22 heavy (non-hydrogen) atoms. The van der Waals surface area contributed by atoms with Gasteiger partial charge in [0, 0.05) is 0 Å². The van der Waals surface area contributed by atoms with Crippen LogP contribution in [0, 0.1) is 17.2 Å². The van der Waals surface area contributed by atoms with E-state index in [-0.39, 0.29) is 12.5 Å². The zero-order valence-corrected chi connectivity index (χ0v) is 12.9. The molecule has 1 fully saturated rings. The molecular formula is C17H20N2O3. The summed E-state index contributed by atoms with van der Waals surface area (Å²) in [7, 11) is 0. The maximum absolute atomic E-state index is 12.4. The Kier molecular flexibility index (Phi) is 4.81. The molecule has 1 aromatic rings. The maximum Gasteiger partial charge on any atom is 0.318 e. The number of carbonyl (C=O) groups excluding carboxylic acids is 2. The minimum Gasteiger partial charge on any atom is -0.465 e. The van der Waals surface area contributed by atoms with E-state index < -0.39 is 17.4 Å². The molecule has 0 spiro atoms. The van der Waals surface area contributed by atoms with Crippen molar-refractivity contribution in [3.8, 4) is 6.07 Å². The minimum atomic E-state index is -0.781. The molecule has 0 aromatic heterocycles. The van der Waals surface area contributed by atoms with E-state index in [1.807, 2.05) is 12.1 Å². The average Bonchev–Trinajstić information content (AvgIpc) is 3.29. The molecule has 1 aliphatic carbocycles. The number of ether oxygens (including phenoxy) is 1. The Morgan fingerprint density at radius 2 is 2.14 bits per heavy atom. The highest BCUT2D eigenvalue weighted by Crippen LogP contribution is 2.45. The molecule has 0 bridgehead atoms. The quantitative estimate of drug-likeness (QED) is 0.645. The number of nitrogens with zero attached hydrogens (tertiary/aromatic N) is 1. The SMILES string of the molecule is CCOC(=O)[C@H](CC)C(=O)NC1(c2cccc(C#N)c2)CC1. The second kappa shape index (κ2) is 6.61. The molecule has 1 amide bonds. The summed E-state index contributed by atoms with van der Waals surface area (Å²) in [6.07, 6.45) is 2.03. The summed E-state index contributed by atoms with van der Waals surface area (Å²) in [5.41, 5.74) is 1.04. The smallest absolute Gasteiger partial charge is 0.318 e. The number of esters is 1. The lowest BCUT2D eigenvalue weighted by atomic mass is 10.00. The minimum absolute atomic E-state index is 0.262. The summed E-state index contributed by atoms with van der Waals surface area (Å²) in [4.78, 5) is 24.2. The van der Waals surface area contributed by atoms with Gasteiger partial charge in [-0.1, -0.05) is 19.1 Å². The predicted molar refractivity (Wildman–Crippen MR) is 80.6 cm³/mol. The first kappa shape index (κ1) is 16.0. The molecule has 5 nitrogen and oxygen atoms in total. The number of rotatable bonds is 6. The maximum atomic E-state index is 12.4. The third-order valence-corrected chi connectivity index (χ3v) is 3.95. The van der Waals surface area contributed by atoms with E-state index in [0.717, 1.165) is 18.4 Å². The first-order chi connectivity index (χ1) is 10.6. The molecule has 0 heterocycles. The fraction of sp³-hybridized carbons (Fsp3) is 0.471. The summed E-state index contributed by atoms with van der Waals surface area (Å²) in [5.74, 6) is -1.57. The van der Waals surface area contributed by atoms with E-state index >= 15 is 0 Å². The lowest BCUT2D eigenvalue weighted by Crippen LogP contribution is -2.42. The lowest BCUT2D eigenvalue weighted by molar-refractivity contribution is -0.152. The van der Waals surface area contributed by atoms with E-state index in [4.69, 9.17) is 10.00 Å². The van der Waals surface area contributed by atoms with Crippen molar-refractivity contribution in [3.05, 3.63) is 35.4 Å². The zero-order valence-electron chi connectivity index (χ0n) is 12.9. The van der Waals surface area contributed by atoms with E-state index in [1.54, 1.807) is 26.0 Å². The van der Waals surface area contributed by atoms with Gasteiger partial charge in [-0.3, -0.25) is 9.59 Å². The van der Waals surface area contributed by atoms with Gasteiger partial charge in [-0.05, 0) is 43.9 Å². The monoisotopic (exact) mass is 300 g/mol. The zero-order chi connectivity index (χ0) is 16.2. The Hall–Kier alpha value is -2.35. The van der Waals surface area contributed by atoms with Crippen LogP contribution in [0.15, 0.2) is 24.3 Å². The van der Waals surface area contributed by atoms with Crippen molar-refractivity contribution in [3.63, 3.8) is 0 Å². The molecule has 2 rings (SSSR count). The molecule has 0 radical (unpaired) electrons. The molecule has 0 aliphatic heterocycles. The van der Waals surface area contributed by atoms with Crippen LogP contribution in [0.4, 0.5) is 0 Å². The molecule has 1 atom stereocenters. The summed E-state index contributed by atoms with van der Waals surface area (Å²) >= 11 is 0. The first-order valence-corrected chi connectivity index (χ1v) is 7.55. The predicted octanol–water partition coefficient (Wildman–Crippen LogP) is 2.25. The topological polar surface area (TPSA) is 79.2 Å². The van der Waals surface area contributed by atoms with Gasteiger partial charge in [0.05, 0.1) is 23.8 Å². The van der Waals surface area contributed by atoms with Crippen molar-refractivity contribution in [1.82, 2.24) is 5.32 Å². The standard InChI is InChI=1S/C17H20N2O3/c1-3-14(16(21)22-4-2)15(20)19-17(8-9-17)13-7-5-6-12(10-13)11-18/h5-7,10,14H,3-4,8-9H2,1-2H3,(H,19,20)/t14-/m1/s1. The van der Waals surface area contributed by atoms with Gasteiger partial charge in [0.1, 0.15) is 5.92 Å². The van der Waals surface area contributed by atoms with Crippen molar-refractivity contribution in [2.24, 2.45) is 5.92 Å². The van der Waals surface area contributed by atoms with Crippen molar-refractivity contribution in [2.45, 2.75) is 38.6 Å². The highest BCUT2D eigenvalue weighted by Gasteiger charge is 2.47. The molecular weight excluding hydrogens is 280 g/mol. The second-order valence-corrected chi connectivity index (χ2v) is 5.48. The average molecular weight is 300 g/mol. The number of nitrogens with one attached hydrogen (secondary N) is 1. The van der Waals surface area contributed by atoms with Crippen LogP contribution in [-0.4, -0.2) is 18.5 Å². The van der Waals surface area contributed by atoms with Gasteiger partial charge < -0.3 is 10.1 Å². The molecule has 116 valence electrons. The van der Waals surface area contributed by atoms with E-state index in [0.29, 0.717) is 12.0 Å². The number of nitriles is 1. The first-order valence-electron chi connectivity index (χ1n) is 7.55. The fourth-order valence-corrected chi connectivity index (χ4v) is 2.52. The molecule has 1 aromatic carbocycles. The number of carbonyl (C=O) groups is 2. The Morgan fingerprint density at radius 3 is 2.68 bits per heavy atom. The van der Waals surface area contributed by atoms with Crippen LogP contribution in [0.2, 0.25) is 0 Å². The van der Waals surface area contributed by atoms with Gasteiger partial charge in [-0.15, -0.1) is 0 Å². The van der Waals surface area contributed by atoms with E-state index in [9.17, 15) is 9.59 Å². The molecule has 1 aliphatic rings. The van der Waals surface area contributed by atoms with Gasteiger partial charge >= 0.3 is 5.97 Å². The van der Waals surface area contributed by atoms with Gasteiger partial charge in [0.15, 0.2) is 0 Å². The summed E-state index contributed by atoms with van der Waals surface area (Å²) in [6.45, 7) is 3.77. The van der Waals surface area contributed by atoms with Crippen LogP contribution in [-0.2, 0) is 19.9 Å². The second-order valence-electron chi connectivity index (χ2n) is 5.48. The normalized spacial score (nSPS) is 16.2. The Labute approximate surface area is 130 Å². The van der Waals surface area contributed by atoms with Crippen LogP contribution in [0.25, 0.3) is 0 Å². The fourth-order valence-electron chi connectivity index (χ4n) is 2.52. The van der Waals surface area contributed by atoms with Gasteiger partial charge in [-0.2, -0.15) is 5.26 Å². The molecule has 0 unspecified atom stereocenters. The van der Waals surface area contributed by atoms with Crippen LogP contribution < -0.4 is 5.32 Å². The van der Waals surface area contributed by atoms with Crippen LogP contribution in [0.1, 0.15) is 44.2 Å². The molecule has 1 saturated carbocycles. The highest BCUT2D eigenvalue weighted by atomic mass is 16.5. The van der Waals surface area contributed by atoms with Crippen molar-refractivity contribution in [2.75, 3.05) is 6.61 Å². The Balaban J connectivity index is 2.13. The molecule has 1 N–H and O–H groups in total. The highest BCUT2D eigenvalue weighted by molar-refractivity contribution is 5.98. The van der Waals surface area contributed by atoms with Gasteiger partial charge in [-0.25, -0.2) is 0 Å². The summed E-state index contributed by atoms with van der Waals surface area (Å²) in [6, 6.07) is 9.33. The van der Waals surface area contributed by atoms with Crippen molar-refractivity contribution < 1.29 is 14.3 Å². The summed E-state index contributed by atoms with van der Waals surface area (Å²) < 4.78 is 4.95. The third-order valence-electron chi connectivity index (χ3n) is 3.95. The number of hydrogen-bond donors (Lipinski definition) is 1. The Morgan fingerprint density at radius 1 is 1.41 bits per heavy atom. The number of amides is 1. The Bertz CT molecular complexity index is 615. The van der Waals surface area contributed by atoms with Crippen LogP contribution in [0.3, 0.4) is 0 Å². The van der Waals surface area contributed by atoms with Gasteiger partial charge in [0.25, 0.3) is 0 Å². The third kappa shape index (κ3) is 3.28. The largest absolute Gasteiger partial charge is 0.465 e. The van der Waals surface area contributed by atoms with Crippen LogP contribution >= 0.6 is 0 Å². The lowest BCUT2D eigenvalue weighted by Gasteiger charge is -2.21. The number of hydrogen-bond acceptors (Lipinski definition) is 4. The van der Waals surface area contributed by atoms with E-state index in [2.05, 4.69) is 11.4 Å². The molecule has 5 heteroatoms. The van der Waals surface area contributed by atoms with Crippen molar-refractivity contribution >= 4 is 11.9 Å².